The average Bonchev–Trinajstić information content (AvgIpc) is 2.90. The fourth-order valence-corrected chi connectivity index (χ4v) is 3.38. The zero-order valence-electron chi connectivity index (χ0n) is 11.7. The Hall–Kier alpha value is -2.20. The van der Waals surface area contributed by atoms with Crippen LogP contribution in [0, 0.1) is 0 Å². The molecule has 0 spiro atoms. The van der Waals surface area contributed by atoms with E-state index in [2.05, 4.69) is 11.0 Å². The molecule has 0 saturated carbocycles. The van der Waals surface area contributed by atoms with Crippen LogP contribution < -0.4 is 10.5 Å². The fourth-order valence-electron chi connectivity index (χ4n) is 3.38. The van der Waals surface area contributed by atoms with Crippen molar-refractivity contribution < 1.29 is 9.84 Å². The van der Waals surface area contributed by atoms with Crippen LogP contribution in [-0.2, 0) is 13.0 Å². The van der Waals surface area contributed by atoms with Crippen molar-refractivity contribution in [1.29, 1.82) is 0 Å². The summed E-state index contributed by atoms with van der Waals surface area (Å²) in [6.07, 6.45) is 1.02. The van der Waals surface area contributed by atoms with Gasteiger partial charge in [0.25, 0.3) is 0 Å². The second-order valence-corrected chi connectivity index (χ2v) is 5.75. The van der Waals surface area contributed by atoms with Gasteiger partial charge in [-0.3, -0.25) is 4.90 Å². The molecular weight excluding hydrogens is 264 g/mol. The standard InChI is InChI=1S/C17H18N2O2/c18-15-3-1-2-11-6-7-19(9-14(11)15)16-10-21-17-8-12(20)4-5-13(16)17/h1-5,8,16,20H,6-7,9-10,18H2. The highest BCUT2D eigenvalue weighted by Gasteiger charge is 2.32. The number of phenolic OH excluding ortho intramolecular Hbond substituents is 1. The lowest BCUT2D eigenvalue weighted by atomic mass is 9.95. The van der Waals surface area contributed by atoms with E-state index in [9.17, 15) is 5.11 Å². The molecule has 1 atom stereocenters. The minimum Gasteiger partial charge on any atom is -0.508 e. The molecule has 1 unspecified atom stereocenters. The van der Waals surface area contributed by atoms with Gasteiger partial charge >= 0.3 is 0 Å². The number of aromatic hydroxyl groups is 1. The molecule has 4 nitrogen and oxygen atoms in total. The Morgan fingerprint density at radius 3 is 3.05 bits per heavy atom. The van der Waals surface area contributed by atoms with Gasteiger partial charge in [-0.2, -0.15) is 0 Å². The van der Waals surface area contributed by atoms with Crippen LogP contribution in [0.1, 0.15) is 22.7 Å². The predicted octanol–water partition coefficient (Wildman–Crippen LogP) is 2.47. The first-order valence-electron chi connectivity index (χ1n) is 7.28. The molecule has 0 bridgehead atoms. The van der Waals surface area contributed by atoms with Gasteiger partial charge in [-0.05, 0) is 35.7 Å². The van der Waals surface area contributed by atoms with Crippen molar-refractivity contribution in [1.82, 2.24) is 4.90 Å². The van der Waals surface area contributed by atoms with E-state index in [0.717, 1.165) is 36.5 Å². The van der Waals surface area contributed by atoms with Crippen molar-refractivity contribution in [2.24, 2.45) is 0 Å². The van der Waals surface area contributed by atoms with Gasteiger partial charge in [-0.25, -0.2) is 0 Å². The van der Waals surface area contributed by atoms with Crippen molar-refractivity contribution >= 4 is 5.69 Å². The highest BCUT2D eigenvalue weighted by molar-refractivity contribution is 5.52. The second-order valence-electron chi connectivity index (χ2n) is 5.75. The van der Waals surface area contributed by atoms with Gasteiger partial charge in [0.15, 0.2) is 0 Å². The third-order valence-electron chi connectivity index (χ3n) is 4.53. The summed E-state index contributed by atoms with van der Waals surface area (Å²) in [6, 6.07) is 11.8. The van der Waals surface area contributed by atoms with Crippen molar-refractivity contribution in [3.8, 4) is 11.5 Å². The Labute approximate surface area is 123 Å². The lowest BCUT2D eigenvalue weighted by Gasteiger charge is -2.33. The molecule has 2 aromatic carbocycles. The van der Waals surface area contributed by atoms with Crippen LogP contribution >= 0.6 is 0 Å². The summed E-state index contributed by atoms with van der Waals surface area (Å²) in [5.41, 5.74) is 10.8. The Morgan fingerprint density at radius 2 is 2.14 bits per heavy atom. The normalized spacial score (nSPS) is 20.7. The molecule has 0 aliphatic carbocycles. The zero-order valence-corrected chi connectivity index (χ0v) is 11.7. The molecule has 0 radical (unpaired) electrons. The van der Waals surface area contributed by atoms with Crippen LogP contribution in [0.3, 0.4) is 0 Å². The number of hydrogen-bond donors (Lipinski definition) is 2. The summed E-state index contributed by atoms with van der Waals surface area (Å²) >= 11 is 0. The summed E-state index contributed by atoms with van der Waals surface area (Å²) in [5.74, 6) is 1.05. The molecule has 2 aliphatic rings. The number of nitrogens with zero attached hydrogens (tertiary/aromatic N) is 1. The molecule has 0 aromatic heterocycles. The minimum absolute atomic E-state index is 0.244. The first-order valence-corrected chi connectivity index (χ1v) is 7.28. The molecule has 0 fully saturated rings. The molecule has 21 heavy (non-hydrogen) atoms. The summed E-state index contributed by atoms with van der Waals surface area (Å²) in [4.78, 5) is 2.42. The predicted molar refractivity (Wildman–Crippen MR) is 81.3 cm³/mol. The van der Waals surface area contributed by atoms with E-state index in [1.165, 1.54) is 11.1 Å². The van der Waals surface area contributed by atoms with Crippen molar-refractivity contribution in [2.45, 2.75) is 19.0 Å². The number of fused-ring (bicyclic) bond motifs is 2. The Balaban J connectivity index is 1.64. The molecule has 2 aromatic rings. The summed E-state index contributed by atoms with van der Waals surface area (Å²) in [6.45, 7) is 2.50. The van der Waals surface area contributed by atoms with Gasteiger partial charge in [0, 0.05) is 30.4 Å². The third kappa shape index (κ3) is 2.03. The topological polar surface area (TPSA) is 58.7 Å². The smallest absolute Gasteiger partial charge is 0.127 e. The molecule has 108 valence electrons. The second kappa shape index (κ2) is 4.67. The first kappa shape index (κ1) is 12.5. The van der Waals surface area contributed by atoms with Crippen LogP contribution in [0.15, 0.2) is 36.4 Å². The Morgan fingerprint density at radius 1 is 1.24 bits per heavy atom. The lowest BCUT2D eigenvalue weighted by Crippen LogP contribution is -2.35. The van der Waals surface area contributed by atoms with Crippen molar-refractivity contribution in [3.05, 3.63) is 53.1 Å². The van der Waals surface area contributed by atoms with Gasteiger partial charge in [0.05, 0.1) is 6.04 Å². The Bertz CT molecular complexity index is 699. The van der Waals surface area contributed by atoms with E-state index in [0.29, 0.717) is 6.61 Å². The lowest BCUT2D eigenvalue weighted by molar-refractivity contribution is 0.149. The zero-order chi connectivity index (χ0) is 14.4. The quantitative estimate of drug-likeness (QED) is 0.789. The molecule has 4 rings (SSSR count). The van der Waals surface area contributed by atoms with Gasteiger partial charge in [-0.1, -0.05) is 12.1 Å². The van der Waals surface area contributed by atoms with Crippen LogP contribution in [0.4, 0.5) is 5.69 Å². The average molecular weight is 282 g/mol. The van der Waals surface area contributed by atoms with E-state index in [4.69, 9.17) is 10.5 Å². The van der Waals surface area contributed by atoms with Crippen LogP contribution in [0.2, 0.25) is 0 Å². The molecule has 0 saturated heterocycles. The summed E-state index contributed by atoms with van der Waals surface area (Å²) < 4.78 is 5.73. The van der Waals surface area contributed by atoms with E-state index in [-0.39, 0.29) is 11.8 Å². The van der Waals surface area contributed by atoms with Gasteiger partial charge in [-0.15, -0.1) is 0 Å². The summed E-state index contributed by atoms with van der Waals surface area (Å²) in [7, 11) is 0. The number of ether oxygens (including phenoxy) is 1. The summed E-state index contributed by atoms with van der Waals surface area (Å²) in [5, 5.41) is 9.55. The maximum absolute atomic E-state index is 9.55. The van der Waals surface area contributed by atoms with E-state index in [1.54, 1.807) is 12.1 Å². The fraction of sp³-hybridized carbons (Fsp3) is 0.294. The van der Waals surface area contributed by atoms with Gasteiger partial charge < -0.3 is 15.6 Å². The van der Waals surface area contributed by atoms with Crippen LogP contribution in [0.5, 0.6) is 11.5 Å². The minimum atomic E-state index is 0.244. The Kier molecular flexibility index (Phi) is 2.79. The molecule has 0 amide bonds. The van der Waals surface area contributed by atoms with E-state index >= 15 is 0 Å². The maximum Gasteiger partial charge on any atom is 0.127 e. The number of benzene rings is 2. The number of nitrogen functional groups attached to an aromatic ring is 1. The molecule has 2 heterocycles. The number of rotatable bonds is 1. The van der Waals surface area contributed by atoms with Gasteiger partial charge in [0.1, 0.15) is 18.1 Å². The van der Waals surface area contributed by atoms with E-state index in [1.807, 2.05) is 18.2 Å². The maximum atomic E-state index is 9.55. The van der Waals surface area contributed by atoms with Crippen LogP contribution in [-0.4, -0.2) is 23.2 Å². The van der Waals surface area contributed by atoms with Crippen molar-refractivity contribution in [3.63, 3.8) is 0 Å². The third-order valence-corrected chi connectivity index (χ3v) is 4.53. The SMILES string of the molecule is Nc1cccc2c1CN(C1COc3cc(O)ccc31)CC2. The van der Waals surface area contributed by atoms with Gasteiger partial charge in [0.2, 0.25) is 0 Å². The monoisotopic (exact) mass is 282 g/mol. The molecule has 2 aliphatic heterocycles. The highest BCUT2D eigenvalue weighted by atomic mass is 16.5. The van der Waals surface area contributed by atoms with Crippen molar-refractivity contribution in [2.75, 3.05) is 18.9 Å². The number of hydrogen-bond acceptors (Lipinski definition) is 4. The van der Waals surface area contributed by atoms with E-state index < -0.39 is 0 Å². The number of nitrogens with two attached hydrogens (primary N) is 1. The highest BCUT2D eigenvalue weighted by Crippen LogP contribution is 2.40. The number of anilines is 1. The van der Waals surface area contributed by atoms with Crippen LogP contribution in [0.25, 0.3) is 0 Å². The molecule has 3 N–H and O–H groups in total. The number of phenols is 1. The molecular formula is C17H18N2O2. The first-order chi connectivity index (χ1) is 10.2. The molecule has 4 heteroatoms. The largest absolute Gasteiger partial charge is 0.508 e.